The molecule has 0 aliphatic heterocycles. The molecule has 3 aromatic rings. The number of hydrogen-bond donors (Lipinski definition) is 0. The van der Waals surface area contributed by atoms with E-state index in [1.54, 1.807) is 0 Å². The summed E-state index contributed by atoms with van der Waals surface area (Å²) >= 11 is 4.82. The lowest BCUT2D eigenvalue weighted by atomic mass is 10.2. The minimum absolute atomic E-state index is 0.0870. The summed E-state index contributed by atoms with van der Waals surface area (Å²) in [4.78, 5) is 20.7. The largest absolute Gasteiger partial charge is 0.293 e. The fourth-order valence-electron chi connectivity index (χ4n) is 1.97. The van der Waals surface area contributed by atoms with E-state index in [1.165, 1.54) is 18.1 Å². The van der Waals surface area contributed by atoms with Crippen LogP contribution in [0.2, 0.25) is 0 Å². The van der Waals surface area contributed by atoms with Crippen LogP contribution in [-0.2, 0) is 0 Å². The van der Waals surface area contributed by atoms with E-state index in [2.05, 4.69) is 25.9 Å². The van der Waals surface area contributed by atoms with Crippen molar-refractivity contribution in [3.8, 4) is 0 Å². The van der Waals surface area contributed by atoms with Crippen molar-refractivity contribution in [2.45, 2.75) is 5.03 Å². The first kappa shape index (κ1) is 14.2. The van der Waals surface area contributed by atoms with Gasteiger partial charge in [-0.25, -0.2) is 9.97 Å². The monoisotopic (exact) mass is 358 g/mol. The third kappa shape index (κ3) is 3.31. The Hall–Kier alpha value is -1.72. The van der Waals surface area contributed by atoms with Crippen LogP contribution in [0.4, 0.5) is 0 Å². The van der Waals surface area contributed by atoms with Crippen LogP contribution in [-0.4, -0.2) is 21.5 Å². The van der Waals surface area contributed by atoms with E-state index in [0.717, 1.165) is 20.4 Å². The SMILES string of the molecule is O=C(CSc1ncnc2ccccc12)c1cccc(Br)c1. The van der Waals surface area contributed by atoms with E-state index < -0.39 is 0 Å². The summed E-state index contributed by atoms with van der Waals surface area (Å²) in [6.07, 6.45) is 1.54. The molecule has 0 saturated heterocycles. The quantitative estimate of drug-likeness (QED) is 0.394. The Morgan fingerprint density at radius 1 is 1.10 bits per heavy atom. The van der Waals surface area contributed by atoms with Crippen molar-refractivity contribution in [1.82, 2.24) is 9.97 Å². The Balaban J connectivity index is 1.79. The number of hydrogen-bond acceptors (Lipinski definition) is 4. The lowest BCUT2D eigenvalue weighted by Gasteiger charge is -2.04. The van der Waals surface area contributed by atoms with Crippen molar-refractivity contribution < 1.29 is 4.79 Å². The number of ketones is 1. The number of nitrogens with zero attached hydrogens (tertiary/aromatic N) is 2. The van der Waals surface area contributed by atoms with E-state index in [0.29, 0.717) is 11.3 Å². The van der Waals surface area contributed by atoms with Gasteiger partial charge in [0.25, 0.3) is 0 Å². The van der Waals surface area contributed by atoms with Gasteiger partial charge < -0.3 is 0 Å². The minimum atomic E-state index is 0.0870. The number of Topliss-reactive ketones (excluding diaryl/α,β-unsaturated/α-hetero) is 1. The van der Waals surface area contributed by atoms with E-state index in [-0.39, 0.29) is 5.78 Å². The Kier molecular flexibility index (Phi) is 4.31. The van der Waals surface area contributed by atoms with Crippen LogP contribution in [0.5, 0.6) is 0 Å². The molecule has 1 heterocycles. The van der Waals surface area contributed by atoms with E-state index in [9.17, 15) is 4.79 Å². The van der Waals surface area contributed by atoms with Gasteiger partial charge in [0, 0.05) is 15.4 Å². The van der Waals surface area contributed by atoms with Crippen molar-refractivity contribution in [3.05, 3.63) is 64.9 Å². The molecule has 0 N–H and O–H groups in total. The van der Waals surface area contributed by atoms with Crippen molar-refractivity contribution in [2.75, 3.05) is 5.75 Å². The summed E-state index contributed by atoms with van der Waals surface area (Å²) in [5.41, 5.74) is 1.60. The molecular formula is C16H11BrN2OS. The maximum absolute atomic E-state index is 12.2. The highest BCUT2D eigenvalue weighted by atomic mass is 79.9. The summed E-state index contributed by atoms with van der Waals surface area (Å²) in [5, 5.41) is 1.82. The number of fused-ring (bicyclic) bond motifs is 1. The van der Waals surface area contributed by atoms with Gasteiger partial charge in [0.15, 0.2) is 5.78 Å². The average molecular weight is 359 g/mol. The second-order valence-electron chi connectivity index (χ2n) is 4.42. The first-order valence-electron chi connectivity index (χ1n) is 6.35. The van der Waals surface area contributed by atoms with Crippen LogP contribution in [0.25, 0.3) is 10.9 Å². The molecule has 0 aliphatic rings. The summed E-state index contributed by atoms with van der Waals surface area (Å²) < 4.78 is 0.908. The number of benzene rings is 2. The fraction of sp³-hybridized carbons (Fsp3) is 0.0625. The fourth-order valence-corrected chi connectivity index (χ4v) is 3.26. The van der Waals surface area contributed by atoms with Crippen LogP contribution in [0.3, 0.4) is 0 Å². The zero-order chi connectivity index (χ0) is 14.7. The molecule has 104 valence electrons. The molecule has 0 bridgehead atoms. The normalized spacial score (nSPS) is 10.7. The van der Waals surface area contributed by atoms with E-state index in [1.807, 2.05) is 48.5 Å². The summed E-state index contributed by atoms with van der Waals surface area (Å²) in [6, 6.07) is 15.2. The number of carbonyl (C=O) groups excluding carboxylic acids is 1. The molecule has 0 fully saturated rings. The number of aromatic nitrogens is 2. The van der Waals surface area contributed by atoms with Crippen molar-refractivity contribution >= 4 is 44.4 Å². The highest BCUT2D eigenvalue weighted by Gasteiger charge is 2.09. The number of rotatable bonds is 4. The first-order chi connectivity index (χ1) is 10.2. The van der Waals surface area contributed by atoms with Crippen LogP contribution in [0, 0.1) is 0 Å². The molecule has 5 heteroatoms. The van der Waals surface area contributed by atoms with E-state index >= 15 is 0 Å². The summed E-state index contributed by atoms with van der Waals surface area (Å²) in [7, 11) is 0. The summed E-state index contributed by atoms with van der Waals surface area (Å²) in [5.74, 6) is 0.446. The lowest BCUT2D eigenvalue weighted by molar-refractivity contribution is 0.102. The molecule has 1 aromatic heterocycles. The van der Waals surface area contributed by atoms with Crippen LogP contribution in [0.1, 0.15) is 10.4 Å². The molecule has 2 aromatic carbocycles. The second-order valence-corrected chi connectivity index (χ2v) is 6.30. The minimum Gasteiger partial charge on any atom is -0.293 e. The number of carbonyl (C=O) groups is 1. The Morgan fingerprint density at radius 3 is 2.81 bits per heavy atom. The zero-order valence-electron chi connectivity index (χ0n) is 11.0. The highest BCUT2D eigenvalue weighted by Crippen LogP contribution is 2.25. The number of para-hydroxylation sites is 1. The molecule has 0 aliphatic carbocycles. The Labute approximate surface area is 134 Å². The average Bonchev–Trinajstić information content (AvgIpc) is 2.52. The highest BCUT2D eigenvalue weighted by molar-refractivity contribution is 9.10. The van der Waals surface area contributed by atoms with Gasteiger partial charge in [-0.2, -0.15) is 0 Å². The third-order valence-corrected chi connectivity index (χ3v) is 4.49. The van der Waals surface area contributed by atoms with Gasteiger partial charge in [-0.05, 0) is 18.2 Å². The molecule has 0 unspecified atom stereocenters. The van der Waals surface area contributed by atoms with Crippen molar-refractivity contribution in [2.24, 2.45) is 0 Å². The van der Waals surface area contributed by atoms with Gasteiger partial charge in [0.05, 0.1) is 11.3 Å². The van der Waals surface area contributed by atoms with Gasteiger partial charge in [-0.3, -0.25) is 4.79 Å². The van der Waals surface area contributed by atoms with Gasteiger partial charge in [-0.15, -0.1) is 0 Å². The maximum Gasteiger partial charge on any atom is 0.173 e. The molecular weight excluding hydrogens is 348 g/mol. The number of thioether (sulfide) groups is 1. The van der Waals surface area contributed by atoms with Gasteiger partial charge in [0.2, 0.25) is 0 Å². The van der Waals surface area contributed by atoms with Gasteiger partial charge in [-0.1, -0.05) is 58.0 Å². The first-order valence-corrected chi connectivity index (χ1v) is 8.13. The summed E-state index contributed by atoms with van der Waals surface area (Å²) in [6.45, 7) is 0. The standard InChI is InChI=1S/C16H11BrN2OS/c17-12-5-3-4-11(8-12)15(20)9-21-16-13-6-1-2-7-14(13)18-10-19-16/h1-8,10H,9H2. The van der Waals surface area contributed by atoms with Crippen molar-refractivity contribution in [1.29, 1.82) is 0 Å². The third-order valence-electron chi connectivity index (χ3n) is 2.99. The molecule has 3 nitrogen and oxygen atoms in total. The topological polar surface area (TPSA) is 42.9 Å². The van der Waals surface area contributed by atoms with Crippen LogP contribution in [0.15, 0.2) is 64.4 Å². The van der Waals surface area contributed by atoms with Gasteiger partial charge in [0.1, 0.15) is 11.4 Å². The second kappa shape index (κ2) is 6.37. The predicted molar refractivity (Wildman–Crippen MR) is 88.7 cm³/mol. The maximum atomic E-state index is 12.2. The molecule has 0 saturated carbocycles. The Morgan fingerprint density at radius 2 is 1.95 bits per heavy atom. The molecule has 21 heavy (non-hydrogen) atoms. The smallest absolute Gasteiger partial charge is 0.173 e. The van der Waals surface area contributed by atoms with E-state index in [4.69, 9.17) is 0 Å². The van der Waals surface area contributed by atoms with Crippen LogP contribution < -0.4 is 0 Å². The molecule has 0 atom stereocenters. The predicted octanol–water partition coefficient (Wildman–Crippen LogP) is 4.37. The molecule has 0 radical (unpaired) electrons. The number of halogens is 1. The van der Waals surface area contributed by atoms with Crippen molar-refractivity contribution in [3.63, 3.8) is 0 Å². The molecule has 3 rings (SSSR count). The van der Waals surface area contributed by atoms with Gasteiger partial charge >= 0.3 is 0 Å². The Bertz CT molecular complexity index is 802. The lowest BCUT2D eigenvalue weighted by Crippen LogP contribution is -2.02. The van der Waals surface area contributed by atoms with Crippen LogP contribution >= 0.6 is 27.7 Å². The molecule has 0 spiro atoms. The molecule has 0 amide bonds. The zero-order valence-corrected chi connectivity index (χ0v) is 13.4.